The number of carbonyl (C=O) groups is 1. The van der Waals surface area contributed by atoms with Gasteiger partial charge in [-0.15, -0.1) is 0 Å². The van der Waals surface area contributed by atoms with Crippen molar-refractivity contribution in [3.05, 3.63) is 76.7 Å². The minimum atomic E-state index is -0.355. The molecule has 29 heavy (non-hydrogen) atoms. The van der Waals surface area contributed by atoms with Crippen LogP contribution in [-0.2, 0) is 16.9 Å². The zero-order chi connectivity index (χ0) is 21.2. The van der Waals surface area contributed by atoms with E-state index in [0.717, 1.165) is 45.0 Å². The van der Waals surface area contributed by atoms with E-state index in [2.05, 4.69) is 47.3 Å². The van der Waals surface area contributed by atoms with E-state index in [1.54, 1.807) is 0 Å². The molecule has 0 bridgehead atoms. The number of benzene rings is 2. The van der Waals surface area contributed by atoms with Gasteiger partial charge in [-0.1, -0.05) is 53.7 Å². The molecule has 3 aromatic rings. The molecular formula is C23H26N4O2. The lowest BCUT2D eigenvalue weighted by molar-refractivity contribution is -0.115. The minimum Gasteiger partial charge on any atom is -0.370 e. The molecule has 4 rings (SSSR count). The van der Waals surface area contributed by atoms with Crippen LogP contribution in [0.5, 0.6) is 0 Å². The van der Waals surface area contributed by atoms with Gasteiger partial charge in [0.25, 0.3) is 0 Å². The highest BCUT2D eigenvalue weighted by Crippen LogP contribution is 2.35. The Balaban J connectivity index is 0.000000552. The number of primary amides is 1. The zero-order valence-electron chi connectivity index (χ0n) is 17.2. The van der Waals surface area contributed by atoms with Crippen molar-refractivity contribution in [3.63, 3.8) is 0 Å². The number of aliphatic imine (C=N–C) groups is 1. The second kappa shape index (κ2) is 8.01. The summed E-state index contributed by atoms with van der Waals surface area (Å²) >= 11 is 0. The van der Waals surface area contributed by atoms with E-state index < -0.39 is 0 Å². The Bertz CT molecular complexity index is 1050. The third-order valence-electron chi connectivity index (χ3n) is 4.67. The maximum absolute atomic E-state index is 9.22. The van der Waals surface area contributed by atoms with Crippen LogP contribution in [0.2, 0.25) is 0 Å². The van der Waals surface area contributed by atoms with Gasteiger partial charge >= 0.3 is 0 Å². The Morgan fingerprint density at radius 3 is 2.24 bits per heavy atom. The van der Waals surface area contributed by atoms with Crippen LogP contribution in [-0.4, -0.2) is 16.8 Å². The lowest BCUT2D eigenvalue weighted by Gasteiger charge is -2.19. The van der Waals surface area contributed by atoms with Crippen LogP contribution in [0.15, 0.2) is 58.0 Å². The normalized spacial score (nSPS) is 12.7. The number of hydrogen-bond acceptors (Lipinski definition) is 5. The highest BCUT2D eigenvalue weighted by Gasteiger charge is 2.24. The number of aryl methyl sites for hydroxylation is 1. The maximum Gasteiger partial charge on any atom is 0.214 e. The fourth-order valence-electron chi connectivity index (χ4n) is 3.32. The number of carbonyl (C=O) groups excluding carboxylic acids is 1. The number of nitrogens with two attached hydrogens (primary N) is 2. The Kier molecular flexibility index (Phi) is 5.66. The van der Waals surface area contributed by atoms with Crippen LogP contribution in [0, 0.1) is 6.92 Å². The standard InChI is InChI=1S/C21H21N3O.C2H5NO/c1-13-19-16-6-4-5-7-17(16)20(23-12-18(19)25-24-13)14-8-10-15(11-9-14)21(2,3)22;1-2(3)4/h4-11H,12,22H2,1-3H3;1H3,(H2,3,4). The average molecular weight is 390 g/mol. The average Bonchev–Trinajstić information content (AvgIpc) is 2.93. The van der Waals surface area contributed by atoms with Gasteiger partial charge in [-0.25, -0.2) is 0 Å². The van der Waals surface area contributed by atoms with Crippen molar-refractivity contribution in [3.8, 4) is 11.1 Å². The van der Waals surface area contributed by atoms with E-state index in [1.165, 1.54) is 6.92 Å². The summed E-state index contributed by atoms with van der Waals surface area (Å²) in [7, 11) is 0. The van der Waals surface area contributed by atoms with Gasteiger partial charge in [-0.05, 0) is 31.9 Å². The van der Waals surface area contributed by atoms with Gasteiger partial charge < -0.3 is 16.0 Å². The molecule has 0 saturated carbocycles. The first kappa shape index (κ1) is 20.5. The van der Waals surface area contributed by atoms with Crippen molar-refractivity contribution in [1.29, 1.82) is 0 Å². The lowest BCUT2D eigenvalue weighted by Crippen LogP contribution is -2.28. The van der Waals surface area contributed by atoms with Gasteiger partial charge in [-0.3, -0.25) is 9.79 Å². The molecule has 0 saturated heterocycles. The predicted molar refractivity (Wildman–Crippen MR) is 115 cm³/mol. The summed E-state index contributed by atoms with van der Waals surface area (Å²) in [6.45, 7) is 7.79. The molecule has 0 unspecified atom stereocenters. The summed E-state index contributed by atoms with van der Waals surface area (Å²) < 4.78 is 5.50. The van der Waals surface area contributed by atoms with Crippen molar-refractivity contribution in [2.24, 2.45) is 16.5 Å². The molecule has 150 valence electrons. The predicted octanol–water partition coefficient (Wildman–Crippen LogP) is 3.69. The third kappa shape index (κ3) is 4.43. The highest BCUT2D eigenvalue weighted by molar-refractivity contribution is 6.17. The first-order valence-corrected chi connectivity index (χ1v) is 9.43. The van der Waals surface area contributed by atoms with Gasteiger partial charge in [0.05, 0.1) is 17.0 Å². The van der Waals surface area contributed by atoms with Gasteiger partial charge in [0.2, 0.25) is 5.91 Å². The summed E-state index contributed by atoms with van der Waals surface area (Å²) in [6.07, 6.45) is 0. The molecule has 6 nitrogen and oxygen atoms in total. The lowest BCUT2D eigenvalue weighted by atomic mass is 9.91. The van der Waals surface area contributed by atoms with E-state index in [1.807, 2.05) is 32.9 Å². The maximum atomic E-state index is 9.22. The van der Waals surface area contributed by atoms with Crippen LogP contribution in [0.3, 0.4) is 0 Å². The second-order valence-corrected chi connectivity index (χ2v) is 7.69. The van der Waals surface area contributed by atoms with E-state index in [-0.39, 0.29) is 11.4 Å². The van der Waals surface area contributed by atoms with Crippen molar-refractivity contribution in [2.45, 2.75) is 39.8 Å². The Labute approximate surface area is 170 Å². The number of fused-ring (bicyclic) bond motifs is 3. The van der Waals surface area contributed by atoms with Gasteiger partial charge in [0, 0.05) is 23.6 Å². The van der Waals surface area contributed by atoms with Crippen molar-refractivity contribution < 1.29 is 9.32 Å². The summed E-state index contributed by atoms with van der Waals surface area (Å²) in [6, 6.07) is 16.6. The second-order valence-electron chi connectivity index (χ2n) is 7.69. The van der Waals surface area contributed by atoms with Crippen LogP contribution in [0.4, 0.5) is 0 Å². The Hall–Kier alpha value is -3.25. The number of rotatable bonds is 2. The van der Waals surface area contributed by atoms with E-state index >= 15 is 0 Å². The molecule has 6 heteroatoms. The largest absolute Gasteiger partial charge is 0.370 e. The Morgan fingerprint density at radius 2 is 1.66 bits per heavy atom. The monoisotopic (exact) mass is 390 g/mol. The van der Waals surface area contributed by atoms with Crippen LogP contribution in [0.25, 0.3) is 11.1 Å². The molecule has 2 heterocycles. The van der Waals surface area contributed by atoms with Crippen LogP contribution in [0.1, 0.15) is 48.9 Å². The first-order chi connectivity index (χ1) is 13.7. The molecule has 4 N–H and O–H groups in total. The molecule has 1 aromatic heterocycles. The molecule has 2 aromatic carbocycles. The number of aromatic nitrogens is 1. The quantitative estimate of drug-likeness (QED) is 0.696. The SMILES string of the molecule is CC(N)=O.Cc1noc2c1-c1ccccc1C(c1ccc(C(C)(C)N)cc1)=NC2. The minimum absolute atomic E-state index is 0.333. The van der Waals surface area contributed by atoms with Crippen molar-refractivity contribution in [1.82, 2.24) is 5.16 Å². The van der Waals surface area contributed by atoms with E-state index in [9.17, 15) is 4.79 Å². The van der Waals surface area contributed by atoms with E-state index in [4.69, 9.17) is 15.2 Å². The molecule has 1 aliphatic heterocycles. The first-order valence-electron chi connectivity index (χ1n) is 9.43. The zero-order valence-corrected chi connectivity index (χ0v) is 17.2. The number of amides is 1. The molecule has 0 radical (unpaired) electrons. The fraction of sp³-hybridized carbons (Fsp3) is 0.261. The molecule has 0 aliphatic carbocycles. The Morgan fingerprint density at radius 1 is 1.07 bits per heavy atom. The highest BCUT2D eigenvalue weighted by atomic mass is 16.5. The summed E-state index contributed by atoms with van der Waals surface area (Å²) in [5.41, 5.74) is 17.7. The summed E-state index contributed by atoms with van der Waals surface area (Å²) in [5, 5.41) is 4.12. The topological polar surface area (TPSA) is 108 Å². The summed E-state index contributed by atoms with van der Waals surface area (Å²) in [5.74, 6) is 0.486. The van der Waals surface area contributed by atoms with Crippen molar-refractivity contribution >= 4 is 11.6 Å². The molecule has 0 fully saturated rings. The number of nitrogens with zero attached hydrogens (tertiary/aromatic N) is 2. The molecule has 0 spiro atoms. The van der Waals surface area contributed by atoms with Crippen molar-refractivity contribution in [2.75, 3.05) is 0 Å². The smallest absolute Gasteiger partial charge is 0.214 e. The molecular weight excluding hydrogens is 364 g/mol. The molecule has 0 atom stereocenters. The van der Waals surface area contributed by atoms with Crippen LogP contribution >= 0.6 is 0 Å². The van der Waals surface area contributed by atoms with Gasteiger partial charge in [0.1, 0.15) is 6.54 Å². The fourth-order valence-corrected chi connectivity index (χ4v) is 3.32. The van der Waals surface area contributed by atoms with Gasteiger partial charge in [0.15, 0.2) is 5.76 Å². The van der Waals surface area contributed by atoms with E-state index in [0.29, 0.717) is 6.54 Å². The third-order valence-corrected chi connectivity index (χ3v) is 4.67. The molecule has 1 amide bonds. The molecule has 1 aliphatic rings. The summed E-state index contributed by atoms with van der Waals surface area (Å²) in [4.78, 5) is 14.1. The number of hydrogen-bond donors (Lipinski definition) is 2. The van der Waals surface area contributed by atoms with Crippen LogP contribution < -0.4 is 11.5 Å². The van der Waals surface area contributed by atoms with Gasteiger partial charge in [-0.2, -0.15) is 0 Å².